The molecule has 4 unspecified atom stereocenters. The van der Waals surface area contributed by atoms with E-state index in [0.29, 0.717) is 45.2 Å². The molecule has 1 aromatic rings. The Labute approximate surface area is 228 Å². The largest absolute Gasteiger partial charge is 0.481 e. The normalized spacial score (nSPS) is 13.9. The number of carbonyl (C=O) groups excluding carboxylic acids is 3. The number of hydrogen-bond acceptors (Lipinski definition) is 8. The fourth-order valence-corrected chi connectivity index (χ4v) is 3.81. The summed E-state index contributed by atoms with van der Waals surface area (Å²) in [6.07, 6.45) is 2.17. The number of carboxylic acids is 2. The summed E-state index contributed by atoms with van der Waals surface area (Å²) in [6, 6.07) is 4.28. The first-order valence-electron chi connectivity index (χ1n) is 13.1. The van der Waals surface area contributed by atoms with Gasteiger partial charge in [0.15, 0.2) is 0 Å². The van der Waals surface area contributed by atoms with Crippen LogP contribution in [0.2, 0.25) is 0 Å². The van der Waals surface area contributed by atoms with Gasteiger partial charge < -0.3 is 43.4 Å². The molecule has 1 rings (SSSR count). The molecule has 13 heteroatoms. The quantitative estimate of drug-likeness (QED) is 0.0941. The average Bonchev–Trinajstić information content (AvgIpc) is 2.90. The van der Waals surface area contributed by atoms with E-state index in [1.54, 1.807) is 30.3 Å². The minimum absolute atomic E-state index is 0.0814. The van der Waals surface area contributed by atoms with Crippen LogP contribution < -0.4 is 33.2 Å². The van der Waals surface area contributed by atoms with Gasteiger partial charge in [0.2, 0.25) is 17.7 Å². The van der Waals surface area contributed by atoms with Crippen LogP contribution in [0.25, 0.3) is 0 Å². The lowest BCUT2D eigenvalue weighted by molar-refractivity contribution is -0.143. The summed E-state index contributed by atoms with van der Waals surface area (Å²) in [5.41, 5.74) is 17.7. The molecule has 39 heavy (non-hydrogen) atoms. The summed E-state index contributed by atoms with van der Waals surface area (Å²) in [4.78, 5) is 61.9. The Morgan fingerprint density at radius 3 is 1.79 bits per heavy atom. The summed E-state index contributed by atoms with van der Waals surface area (Å²) >= 11 is 0. The Hall–Kier alpha value is -3.55. The van der Waals surface area contributed by atoms with Gasteiger partial charge >= 0.3 is 11.9 Å². The summed E-state index contributed by atoms with van der Waals surface area (Å²) < 4.78 is 0. The predicted molar refractivity (Wildman–Crippen MR) is 144 cm³/mol. The number of nitrogens with two attached hydrogens (primary N) is 3. The third kappa shape index (κ3) is 13.7. The molecule has 3 amide bonds. The number of hydrogen-bond donors (Lipinski definition) is 8. The van der Waals surface area contributed by atoms with Crippen molar-refractivity contribution in [2.45, 2.75) is 82.0 Å². The lowest BCUT2D eigenvalue weighted by atomic mass is 10.0. The van der Waals surface area contributed by atoms with Crippen molar-refractivity contribution in [1.82, 2.24) is 16.0 Å². The Morgan fingerprint density at radius 2 is 1.23 bits per heavy atom. The second kappa shape index (κ2) is 18.7. The van der Waals surface area contributed by atoms with Gasteiger partial charge in [0.05, 0.1) is 6.04 Å². The smallest absolute Gasteiger partial charge is 0.326 e. The number of amides is 3. The van der Waals surface area contributed by atoms with Crippen LogP contribution in [-0.2, 0) is 30.4 Å². The maximum atomic E-state index is 13.3. The molecule has 0 spiro atoms. The van der Waals surface area contributed by atoms with Crippen molar-refractivity contribution in [2.75, 3.05) is 13.1 Å². The first-order chi connectivity index (χ1) is 18.6. The highest BCUT2D eigenvalue weighted by molar-refractivity contribution is 5.94. The van der Waals surface area contributed by atoms with Crippen LogP contribution in [0.3, 0.4) is 0 Å². The fraction of sp³-hybridized carbons (Fsp3) is 0.577. The van der Waals surface area contributed by atoms with Gasteiger partial charge in [0.1, 0.15) is 18.1 Å². The van der Waals surface area contributed by atoms with Gasteiger partial charge in [0, 0.05) is 12.8 Å². The molecule has 0 bridgehead atoms. The van der Waals surface area contributed by atoms with E-state index in [-0.39, 0.29) is 19.3 Å². The number of rotatable bonds is 20. The van der Waals surface area contributed by atoms with E-state index < -0.39 is 60.2 Å². The second-order valence-corrected chi connectivity index (χ2v) is 9.32. The van der Waals surface area contributed by atoms with Crippen molar-refractivity contribution in [3.63, 3.8) is 0 Å². The van der Waals surface area contributed by atoms with Crippen molar-refractivity contribution in [2.24, 2.45) is 17.2 Å². The molecule has 0 fully saturated rings. The number of nitrogens with one attached hydrogen (secondary N) is 3. The van der Waals surface area contributed by atoms with Gasteiger partial charge in [-0.2, -0.15) is 0 Å². The lowest BCUT2D eigenvalue weighted by Gasteiger charge is -2.25. The maximum absolute atomic E-state index is 13.3. The standard InChI is InChI=1S/C26H42N6O7/c27-14-6-4-10-18(29)23(35)32-21(16-17-8-2-1-3-9-17)25(37)30-19(12-13-22(33)34)24(36)31-20(26(38)39)11-5-7-15-28/h1-3,8-9,18-21H,4-7,10-16,27-29H2,(H,30,37)(H,31,36)(H,32,35)(H,33,34)(H,38,39). The Balaban J connectivity index is 3.07. The minimum Gasteiger partial charge on any atom is -0.481 e. The molecular weight excluding hydrogens is 508 g/mol. The molecule has 0 aliphatic heterocycles. The summed E-state index contributed by atoms with van der Waals surface area (Å²) in [6.45, 7) is 0.825. The van der Waals surface area contributed by atoms with Gasteiger partial charge in [-0.3, -0.25) is 19.2 Å². The zero-order valence-electron chi connectivity index (χ0n) is 22.1. The molecule has 218 valence electrons. The molecule has 0 heterocycles. The Morgan fingerprint density at radius 1 is 0.692 bits per heavy atom. The van der Waals surface area contributed by atoms with E-state index in [2.05, 4.69) is 16.0 Å². The Bertz CT molecular complexity index is 931. The van der Waals surface area contributed by atoms with Gasteiger partial charge in [-0.15, -0.1) is 0 Å². The molecule has 11 N–H and O–H groups in total. The van der Waals surface area contributed by atoms with E-state index in [4.69, 9.17) is 22.3 Å². The molecule has 0 radical (unpaired) electrons. The molecular formula is C26H42N6O7. The summed E-state index contributed by atoms with van der Waals surface area (Å²) in [5, 5.41) is 26.1. The highest BCUT2D eigenvalue weighted by Crippen LogP contribution is 2.08. The maximum Gasteiger partial charge on any atom is 0.326 e. The summed E-state index contributed by atoms with van der Waals surface area (Å²) in [5.74, 6) is -4.59. The third-order valence-corrected chi connectivity index (χ3v) is 6.06. The molecule has 0 aliphatic carbocycles. The highest BCUT2D eigenvalue weighted by Gasteiger charge is 2.30. The van der Waals surface area contributed by atoms with Crippen LogP contribution in [0.5, 0.6) is 0 Å². The number of carbonyl (C=O) groups is 5. The van der Waals surface area contributed by atoms with Gasteiger partial charge in [-0.25, -0.2) is 4.79 Å². The molecule has 0 aromatic heterocycles. The molecule has 0 saturated carbocycles. The van der Waals surface area contributed by atoms with Crippen molar-refractivity contribution >= 4 is 29.7 Å². The molecule has 0 aliphatic rings. The number of unbranched alkanes of at least 4 members (excludes halogenated alkanes) is 2. The number of carboxylic acid groups (broad SMARTS) is 2. The van der Waals surface area contributed by atoms with E-state index in [1.165, 1.54) is 0 Å². The van der Waals surface area contributed by atoms with Crippen LogP contribution >= 0.6 is 0 Å². The first-order valence-corrected chi connectivity index (χ1v) is 13.1. The molecule has 1 aromatic carbocycles. The van der Waals surface area contributed by atoms with Crippen LogP contribution in [0.4, 0.5) is 0 Å². The van der Waals surface area contributed by atoms with Gasteiger partial charge in [-0.05, 0) is 57.2 Å². The van der Waals surface area contributed by atoms with E-state index in [9.17, 15) is 29.1 Å². The molecule has 4 atom stereocenters. The fourth-order valence-electron chi connectivity index (χ4n) is 3.81. The van der Waals surface area contributed by atoms with Crippen molar-refractivity contribution in [3.05, 3.63) is 35.9 Å². The monoisotopic (exact) mass is 550 g/mol. The SMILES string of the molecule is NCCCCC(N)C(=O)NC(Cc1ccccc1)C(=O)NC(CCC(=O)O)C(=O)NC(CCCCN)C(=O)O. The highest BCUT2D eigenvalue weighted by atomic mass is 16.4. The van der Waals surface area contributed by atoms with Crippen molar-refractivity contribution < 1.29 is 34.2 Å². The van der Waals surface area contributed by atoms with Crippen molar-refractivity contribution in [3.8, 4) is 0 Å². The zero-order chi connectivity index (χ0) is 29.2. The van der Waals surface area contributed by atoms with Crippen molar-refractivity contribution in [1.29, 1.82) is 0 Å². The van der Waals surface area contributed by atoms with Crippen LogP contribution in [0.15, 0.2) is 30.3 Å². The summed E-state index contributed by atoms with van der Waals surface area (Å²) in [7, 11) is 0. The molecule has 0 saturated heterocycles. The lowest BCUT2D eigenvalue weighted by Crippen LogP contribution is -2.57. The average molecular weight is 551 g/mol. The first kappa shape index (κ1) is 33.5. The predicted octanol–water partition coefficient (Wildman–Crippen LogP) is -0.782. The van der Waals surface area contributed by atoms with Crippen LogP contribution in [0.1, 0.15) is 56.9 Å². The number of aliphatic carboxylic acids is 2. The van der Waals surface area contributed by atoms with Gasteiger partial charge in [-0.1, -0.05) is 36.8 Å². The topological polar surface area (TPSA) is 240 Å². The van der Waals surface area contributed by atoms with Crippen LogP contribution in [-0.4, -0.2) is 77.1 Å². The second-order valence-electron chi connectivity index (χ2n) is 9.32. The third-order valence-electron chi connectivity index (χ3n) is 6.06. The Kier molecular flexibility index (Phi) is 16.0. The van der Waals surface area contributed by atoms with E-state index >= 15 is 0 Å². The van der Waals surface area contributed by atoms with Gasteiger partial charge in [0.25, 0.3) is 0 Å². The zero-order valence-corrected chi connectivity index (χ0v) is 22.1. The van der Waals surface area contributed by atoms with E-state index in [0.717, 1.165) is 5.56 Å². The van der Waals surface area contributed by atoms with Crippen LogP contribution in [0, 0.1) is 0 Å². The minimum atomic E-state index is -1.35. The molecule has 13 nitrogen and oxygen atoms in total. The van der Waals surface area contributed by atoms with E-state index in [1.807, 2.05) is 0 Å². The number of benzene rings is 1.